The molecular weight excluding hydrogens is 252 g/mol. The fourth-order valence-electron chi connectivity index (χ4n) is 1.87. The Kier molecular flexibility index (Phi) is 4.06. The molecule has 19 heavy (non-hydrogen) atoms. The number of ether oxygens (including phenoxy) is 1. The molecule has 1 atom stereocenters. The summed E-state index contributed by atoms with van der Waals surface area (Å²) >= 11 is 0. The summed E-state index contributed by atoms with van der Waals surface area (Å²) < 4.78 is 32.1. The van der Waals surface area contributed by atoms with Crippen molar-refractivity contribution in [2.75, 3.05) is 7.11 Å². The van der Waals surface area contributed by atoms with E-state index >= 15 is 0 Å². The van der Waals surface area contributed by atoms with Gasteiger partial charge in [-0.2, -0.15) is 0 Å². The zero-order valence-corrected chi connectivity index (χ0v) is 10.3. The van der Waals surface area contributed by atoms with Gasteiger partial charge in [-0.25, -0.2) is 8.78 Å². The van der Waals surface area contributed by atoms with Gasteiger partial charge in [0.2, 0.25) is 0 Å². The second-order valence-electron chi connectivity index (χ2n) is 4.04. The predicted molar refractivity (Wildman–Crippen MR) is 65.8 cm³/mol. The Morgan fingerprint density at radius 2 is 1.95 bits per heavy atom. The third-order valence-electron chi connectivity index (χ3n) is 2.85. The molecule has 0 spiro atoms. The van der Waals surface area contributed by atoms with Crippen molar-refractivity contribution in [3.63, 3.8) is 0 Å². The molecule has 0 saturated carbocycles. The first kappa shape index (κ1) is 13.4. The van der Waals surface area contributed by atoms with Gasteiger partial charge in [0.25, 0.3) is 0 Å². The Hall–Kier alpha value is -2.01. The van der Waals surface area contributed by atoms with E-state index in [1.54, 1.807) is 6.07 Å². The van der Waals surface area contributed by atoms with Crippen LogP contribution < -0.4 is 4.74 Å². The summed E-state index contributed by atoms with van der Waals surface area (Å²) in [7, 11) is 1.44. The summed E-state index contributed by atoms with van der Waals surface area (Å²) in [5.74, 6) is -0.967. The zero-order chi connectivity index (χ0) is 13.8. The average Bonchev–Trinajstić information content (AvgIpc) is 2.42. The first-order valence-electron chi connectivity index (χ1n) is 5.72. The second kappa shape index (κ2) is 5.75. The third kappa shape index (κ3) is 2.88. The van der Waals surface area contributed by atoms with E-state index in [2.05, 4.69) is 4.98 Å². The van der Waals surface area contributed by atoms with Crippen molar-refractivity contribution in [3.8, 4) is 5.75 Å². The van der Waals surface area contributed by atoms with E-state index in [0.29, 0.717) is 11.3 Å². The smallest absolute Gasteiger partial charge is 0.142 e. The topological polar surface area (TPSA) is 42.4 Å². The van der Waals surface area contributed by atoms with Gasteiger partial charge in [0.15, 0.2) is 0 Å². The summed E-state index contributed by atoms with van der Waals surface area (Å²) in [6.45, 7) is 0. The first-order valence-corrected chi connectivity index (χ1v) is 5.72. The van der Waals surface area contributed by atoms with Crippen LogP contribution in [0.5, 0.6) is 5.75 Å². The minimum Gasteiger partial charge on any atom is -0.495 e. The molecule has 0 bridgehead atoms. The highest BCUT2D eigenvalue weighted by atomic mass is 19.1. The Labute approximate surface area is 109 Å². The standard InChI is InChI=1S/C14H13F2NO2/c1-19-14-8-17-6-5-9(14)13(18)7-10-11(15)3-2-4-12(10)16/h2-6,8,13,18H,7H2,1H3. The molecule has 0 aliphatic heterocycles. The number of hydrogen-bond donors (Lipinski definition) is 1. The van der Waals surface area contributed by atoms with Crippen LogP contribution in [-0.4, -0.2) is 17.2 Å². The minimum atomic E-state index is -1.07. The molecular formula is C14H13F2NO2. The van der Waals surface area contributed by atoms with Gasteiger partial charge in [-0.05, 0) is 18.2 Å². The number of benzene rings is 1. The molecule has 0 amide bonds. The molecule has 3 nitrogen and oxygen atoms in total. The van der Waals surface area contributed by atoms with Crippen molar-refractivity contribution in [1.82, 2.24) is 4.98 Å². The normalized spacial score (nSPS) is 12.2. The molecule has 1 unspecified atom stereocenters. The van der Waals surface area contributed by atoms with E-state index < -0.39 is 17.7 Å². The summed E-state index contributed by atoms with van der Waals surface area (Å²) in [5, 5.41) is 10.1. The SMILES string of the molecule is COc1cnccc1C(O)Cc1c(F)cccc1F. The van der Waals surface area contributed by atoms with Gasteiger partial charge in [-0.3, -0.25) is 4.98 Å². The van der Waals surface area contributed by atoms with Gasteiger partial charge in [0, 0.05) is 23.7 Å². The highest BCUT2D eigenvalue weighted by Crippen LogP contribution is 2.27. The van der Waals surface area contributed by atoms with Crippen molar-refractivity contribution in [3.05, 3.63) is 59.4 Å². The fourth-order valence-corrected chi connectivity index (χ4v) is 1.87. The molecule has 0 aliphatic rings. The molecule has 2 aromatic rings. The van der Waals surface area contributed by atoms with E-state index in [-0.39, 0.29) is 12.0 Å². The van der Waals surface area contributed by atoms with E-state index in [1.165, 1.54) is 25.6 Å². The second-order valence-corrected chi connectivity index (χ2v) is 4.04. The van der Waals surface area contributed by atoms with Crippen molar-refractivity contribution in [2.45, 2.75) is 12.5 Å². The van der Waals surface area contributed by atoms with Crippen molar-refractivity contribution >= 4 is 0 Å². The summed E-state index contributed by atoms with van der Waals surface area (Å²) in [6.07, 6.45) is 1.69. The lowest BCUT2D eigenvalue weighted by Gasteiger charge is -2.15. The minimum absolute atomic E-state index is 0.145. The molecule has 1 N–H and O–H groups in total. The van der Waals surface area contributed by atoms with Crippen LogP contribution in [0.25, 0.3) is 0 Å². The van der Waals surface area contributed by atoms with Gasteiger partial charge in [-0.1, -0.05) is 6.07 Å². The molecule has 1 heterocycles. The highest BCUT2D eigenvalue weighted by Gasteiger charge is 2.18. The number of nitrogens with zero attached hydrogens (tertiary/aromatic N) is 1. The fraction of sp³-hybridized carbons (Fsp3) is 0.214. The monoisotopic (exact) mass is 265 g/mol. The van der Waals surface area contributed by atoms with Crippen LogP contribution in [0.1, 0.15) is 17.2 Å². The Morgan fingerprint density at radius 3 is 2.58 bits per heavy atom. The van der Waals surface area contributed by atoms with E-state index in [1.807, 2.05) is 0 Å². The zero-order valence-electron chi connectivity index (χ0n) is 10.3. The molecule has 5 heteroatoms. The summed E-state index contributed by atoms with van der Waals surface area (Å²) in [4.78, 5) is 3.86. The number of methoxy groups -OCH3 is 1. The van der Waals surface area contributed by atoms with Crippen molar-refractivity contribution < 1.29 is 18.6 Å². The van der Waals surface area contributed by atoms with Crippen LogP contribution in [-0.2, 0) is 6.42 Å². The Bertz CT molecular complexity index is 555. The van der Waals surface area contributed by atoms with Crippen LogP contribution in [0.15, 0.2) is 36.7 Å². The number of aliphatic hydroxyl groups is 1. The molecule has 2 rings (SSSR count). The number of aromatic nitrogens is 1. The van der Waals surface area contributed by atoms with Gasteiger partial charge in [0.05, 0.1) is 19.4 Å². The third-order valence-corrected chi connectivity index (χ3v) is 2.85. The maximum atomic E-state index is 13.5. The maximum Gasteiger partial charge on any atom is 0.142 e. The number of halogens is 2. The largest absolute Gasteiger partial charge is 0.495 e. The first-order chi connectivity index (χ1) is 9.13. The van der Waals surface area contributed by atoms with Gasteiger partial charge in [0.1, 0.15) is 17.4 Å². The Balaban J connectivity index is 2.28. The number of rotatable bonds is 4. The van der Waals surface area contributed by atoms with Gasteiger partial charge < -0.3 is 9.84 Å². The van der Waals surface area contributed by atoms with E-state index in [9.17, 15) is 13.9 Å². The van der Waals surface area contributed by atoms with Crippen molar-refractivity contribution in [1.29, 1.82) is 0 Å². The van der Waals surface area contributed by atoms with Crippen LogP contribution >= 0.6 is 0 Å². The van der Waals surface area contributed by atoms with Crippen LogP contribution in [0.4, 0.5) is 8.78 Å². The molecule has 0 fully saturated rings. The number of hydrogen-bond acceptors (Lipinski definition) is 3. The lowest BCUT2D eigenvalue weighted by atomic mass is 10.0. The highest BCUT2D eigenvalue weighted by molar-refractivity contribution is 5.33. The molecule has 0 aliphatic carbocycles. The van der Waals surface area contributed by atoms with E-state index in [4.69, 9.17) is 4.74 Å². The van der Waals surface area contributed by atoms with Crippen molar-refractivity contribution in [2.24, 2.45) is 0 Å². The number of aliphatic hydroxyl groups excluding tert-OH is 1. The molecule has 1 aromatic heterocycles. The van der Waals surface area contributed by atoms with Crippen LogP contribution in [0.3, 0.4) is 0 Å². The van der Waals surface area contributed by atoms with Gasteiger partial charge >= 0.3 is 0 Å². The summed E-state index contributed by atoms with van der Waals surface area (Å²) in [6, 6.07) is 5.17. The Morgan fingerprint density at radius 1 is 1.26 bits per heavy atom. The quantitative estimate of drug-likeness (QED) is 0.924. The predicted octanol–water partition coefficient (Wildman–Crippen LogP) is 2.64. The summed E-state index contributed by atoms with van der Waals surface area (Å²) in [5.41, 5.74) is 0.300. The van der Waals surface area contributed by atoms with E-state index in [0.717, 1.165) is 12.1 Å². The number of pyridine rings is 1. The average molecular weight is 265 g/mol. The van der Waals surface area contributed by atoms with Crippen LogP contribution in [0, 0.1) is 11.6 Å². The lowest BCUT2D eigenvalue weighted by Crippen LogP contribution is -2.07. The molecule has 100 valence electrons. The molecule has 0 radical (unpaired) electrons. The van der Waals surface area contributed by atoms with Gasteiger partial charge in [-0.15, -0.1) is 0 Å². The molecule has 0 saturated heterocycles. The molecule has 1 aromatic carbocycles. The lowest BCUT2D eigenvalue weighted by molar-refractivity contribution is 0.171. The van der Waals surface area contributed by atoms with Crippen LogP contribution in [0.2, 0.25) is 0 Å². The maximum absolute atomic E-state index is 13.5.